The Labute approximate surface area is 114 Å². The van der Waals surface area contributed by atoms with Crippen molar-refractivity contribution < 1.29 is 0 Å². The maximum Gasteiger partial charge on any atom is 0.0309 e. The van der Waals surface area contributed by atoms with Crippen LogP contribution in [0.25, 0.3) is 0 Å². The molecule has 2 fully saturated rings. The second-order valence-electron chi connectivity index (χ2n) is 6.90. The van der Waals surface area contributed by atoms with Crippen LogP contribution >= 0.6 is 0 Å². The molecule has 1 saturated heterocycles. The van der Waals surface area contributed by atoms with Crippen LogP contribution in [0, 0.1) is 5.92 Å². The van der Waals surface area contributed by atoms with Gasteiger partial charge in [0.05, 0.1) is 0 Å². The standard InChI is InChI=1S/C16H32N2/c1-4-9-16(10-6-11-17-16)13-18(3)15-8-5-7-14(2)12-15/h14-15,17H,4-13H2,1-3H3. The summed E-state index contributed by atoms with van der Waals surface area (Å²) in [5.74, 6) is 0.935. The van der Waals surface area contributed by atoms with E-state index in [9.17, 15) is 0 Å². The first-order chi connectivity index (χ1) is 8.65. The second-order valence-corrected chi connectivity index (χ2v) is 6.90. The number of nitrogens with zero attached hydrogens (tertiary/aromatic N) is 1. The highest BCUT2D eigenvalue weighted by Gasteiger charge is 2.35. The molecule has 0 aromatic carbocycles. The Morgan fingerprint density at radius 1 is 1.28 bits per heavy atom. The number of nitrogens with one attached hydrogen (secondary N) is 1. The number of hydrogen-bond donors (Lipinski definition) is 1. The van der Waals surface area contributed by atoms with Gasteiger partial charge in [0, 0.05) is 18.1 Å². The van der Waals surface area contributed by atoms with Crippen molar-refractivity contribution in [2.75, 3.05) is 20.1 Å². The van der Waals surface area contributed by atoms with E-state index >= 15 is 0 Å². The van der Waals surface area contributed by atoms with Crippen LogP contribution < -0.4 is 5.32 Å². The highest BCUT2D eigenvalue weighted by Crippen LogP contribution is 2.30. The molecule has 3 unspecified atom stereocenters. The van der Waals surface area contributed by atoms with Gasteiger partial charge in [-0.05, 0) is 51.6 Å². The van der Waals surface area contributed by atoms with E-state index < -0.39 is 0 Å². The van der Waals surface area contributed by atoms with E-state index in [1.54, 1.807) is 0 Å². The van der Waals surface area contributed by atoms with Crippen molar-refractivity contribution in [1.82, 2.24) is 10.2 Å². The topological polar surface area (TPSA) is 15.3 Å². The smallest absolute Gasteiger partial charge is 0.0309 e. The van der Waals surface area contributed by atoms with Crippen molar-refractivity contribution in [3.8, 4) is 0 Å². The van der Waals surface area contributed by atoms with Crippen molar-refractivity contribution in [2.45, 2.75) is 76.8 Å². The van der Waals surface area contributed by atoms with E-state index in [0.29, 0.717) is 5.54 Å². The summed E-state index contributed by atoms with van der Waals surface area (Å²) in [6.07, 6.45) is 11.1. The first-order valence-corrected chi connectivity index (χ1v) is 8.10. The Hall–Kier alpha value is -0.0800. The van der Waals surface area contributed by atoms with E-state index in [4.69, 9.17) is 0 Å². The zero-order chi connectivity index (χ0) is 13.0. The van der Waals surface area contributed by atoms with Crippen molar-refractivity contribution in [2.24, 2.45) is 5.92 Å². The zero-order valence-electron chi connectivity index (χ0n) is 12.7. The van der Waals surface area contributed by atoms with Gasteiger partial charge in [-0.1, -0.05) is 33.1 Å². The molecule has 2 heteroatoms. The Morgan fingerprint density at radius 2 is 2.11 bits per heavy atom. The van der Waals surface area contributed by atoms with E-state index in [-0.39, 0.29) is 0 Å². The van der Waals surface area contributed by atoms with Gasteiger partial charge in [0.25, 0.3) is 0 Å². The molecule has 18 heavy (non-hydrogen) atoms. The summed E-state index contributed by atoms with van der Waals surface area (Å²) in [5, 5.41) is 3.81. The average Bonchev–Trinajstić information content (AvgIpc) is 2.78. The first kappa shape index (κ1) is 14.3. The summed E-state index contributed by atoms with van der Waals surface area (Å²) in [5.41, 5.74) is 0.435. The van der Waals surface area contributed by atoms with Crippen molar-refractivity contribution in [3.05, 3.63) is 0 Å². The molecule has 0 amide bonds. The Morgan fingerprint density at radius 3 is 2.72 bits per heavy atom. The zero-order valence-corrected chi connectivity index (χ0v) is 12.7. The van der Waals surface area contributed by atoms with Crippen LogP contribution in [0.4, 0.5) is 0 Å². The van der Waals surface area contributed by atoms with Crippen LogP contribution in [0.3, 0.4) is 0 Å². The first-order valence-electron chi connectivity index (χ1n) is 8.10. The van der Waals surface area contributed by atoms with Crippen molar-refractivity contribution in [1.29, 1.82) is 0 Å². The van der Waals surface area contributed by atoms with E-state index in [2.05, 4.69) is 31.1 Å². The van der Waals surface area contributed by atoms with Gasteiger partial charge in [0.2, 0.25) is 0 Å². The van der Waals surface area contributed by atoms with Gasteiger partial charge in [-0.3, -0.25) is 0 Å². The van der Waals surface area contributed by atoms with Crippen LogP contribution in [-0.2, 0) is 0 Å². The van der Waals surface area contributed by atoms with Gasteiger partial charge in [-0.25, -0.2) is 0 Å². The molecule has 2 nitrogen and oxygen atoms in total. The van der Waals surface area contributed by atoms with Gasteiger partial charge in [-0.15, -0.1) is 0 Å². The molecule has 1 N–H and O–H groups in total. The lowest BCUT2D eigenvalue weighted by Crippen LogP contribution is -2.51. The molecule has 2 rings (SSSR count). The molecule has 0 aromatic rings. The summed E-state index contributed by atoms with van der Waals surface area (Å²) in [7, 11) is 2.36. The van der Waals surface area contributed by atoms with E-state index in [0.717, 1.165) is 12.0 Å². The molecule has 0 aromatic heterocycles. The minimum absolute atomic E-state index is 0.435. The summed E-state index contributed by atoms with van der Waals surface area (Å²) in [6, 6.07) is 0.838. The minimum atomic E-state index is 0.435. The third kappa shape index (κ3) is 3.48. The lowest BCUT2D eigenvalue weighted by molar-refractivity contribution is 0.122. The third-order valence-electron chi connectivity index (χ3n) is 5.14. The summed E-state index contributed by atoms with van der Waals surface area (Å²) >= 11 is 0. The third-order valence-corrected chi connectivity index (χ3v) is 5.14. The molecular weight excluding hydrogens is 220 g/mol. The van der Waals surface area contributed by atoms with Gasteiger partial charge in [-0.2, -0.15) is 0 Å². The predicted octanol–water partition coefficient (Wildman–Crippen LogP) is 3.42. The molecule has 1 aliphatic carbocycles. The maximum atomic E-state index is 3.81. The van der Waals surface area contributed by atoms with Crippen LogP contribution in [0.2, 0.25) is 0 Å². The Balaban J connectivity index is 1.89. The molecule has 3 atom stereocenters. The number of likely N-dealkylation sites (N-methyl/N-ethyl adjacent to an activating group) is 1. The predicted molar refractivity (Wildman–Crippen MR) is 78.9 cm³/mol. The number of rotatable bonds is 5. The molecule has 1 aliphatic heterocycles. The van der Waals surface area contributed by atoms with Crippen LogP contribution in [0.1, 0.15) is 65.2 Å². The number of hydrogen-bond acceptors (Lipinski definition) is 2. The second kappa shape index (κ2) is 6.38. The fourth-order valence-corrected chi connectivity index (χ4v) is 4.18. The molecule has 106 valence electrons. The maximum absolute atomic E-state index is 3.81. The van der Waals surface area contributed by atoms with Gasteiger partial charge >= 0.3 is 0 Å². The Kier molecular flexibility index (Phi) is 5.08. The molecular formula is C16H32N2. The molecule has 0 radical (unpaired) electrons. The quantitative estimate of drug-likeness (QED) is 0.806. The summed E-state index contributed by atoms with van der Waals surface area (Å²) < 4.78 is 0. The SMILES string of the molecule is CCCC1(CN(C)C2CCCC(C)C2)CCCN1. The largest absolute Gasteiger partial charge is 0.310 e. The van der Waals surface area contributed by atoms with Crippen LogP contribution in [0.15, 0.2) is 0 Å². The van der Waals surface area contributed by atoms with Gasteiger partial charge < -0.3 is 10.2 Å². The van der Waals surface area contributed by atoms with Crippen molar-refractivity contribution >= 4 is 0 Å². The van der Waals surface area contributed by atoms with Crippen LogP contribution in [0.5, 0.6) is 0 Å². The average molecular weight is 252 g/mol. The lowest BCUT2D eigenvalue weighted by Gasteiger charge is -2.40. The normalized spacial score (nSPS) is 37.3. The van der Waals surface area contributed by atoms with E-state index in [1.807, 2.05) is 0 Å². The fourth-order valence-electron chi connectivity index (χ4n) is 4.18. The molecule has 1 saturated carbocycles. The molecule has 0 spiro atoms. The Bertz CT molecular complexity index is 245. The monoisotopic (exact) mass is 252 g/mol. The summed E-state index contributed by atoms with van der Waals surface area (Å²) in [6.45, 7) is 7.24. The van der Waals surface area contributed by atoms with Crippen molar-refractivity contribution in [3.63, 3.8) is 0 Å². The molecule has 0 bridgehead atoms. The lowest BCUT2D eigenvalue weighted by atomic mass is 9.84. The summed E-state index contributed by atoms with van der Waals surface area (Å²) in [4.78, 5) is 2.67. The molecule has 2 aliphatic rings. The van der Waals surface area contributed by atoms with Crippen LogP contribution in [-0.4, -0.2) is 36.6 Å². The van der Waals surface area contributed by atoms with Gasteiger partial charge in [0.1, 0.15) is 0 Å². The highest BCUT2D eigenvalue weighted by atomic mass is 15.2. The van der Waals surface area contributed by atoms with Gasteiger partial charge in [0.15, 0.2) is 0 Å². The van der Waals surface area contributed by atoms with E-state index in [1.165, 1.54) is 64.5 Å². The minimum Gasteiger partial charge on any atom is -0.310 e. The fraction of sp³-hybridized carbons (Fsp3) is 1.00. The molecule has 1 heterocycles. The highest BCUT2D eigenvalue weighted by molar-refractivity contribution is 4.96.